The van der Waals surface area contributed by atoms with Gasteiger partial charge in [-0.2, -0.15) is 0 Å². The number of carbonyl (C=O) groups excluding carboxylic acids is 1. The summed E-state index contributed by atoms with van der Waals surface area (Å²) < 4.78 is 13.8. The third-order valence-electron chi connectivity index (χ3n) is 2.97. The van der Waals surface area contributed by atoms with Gasteiger partial charge in [0.05, 0.1) is 16.6 Å². The number of amides is 1. The van der Waals surface area contributed by atoms with E-state index in [0.29, 0.717) is 11.9 Å². The maximum absolute atomic E-state index is 13.8. The van der Waals surface area contributed by atoms with Crippen LogP contribution in [0.1, 0.15) is 23.2 Å². The lowest BCUT2D eigenvalue weighted by molar-refractivity contribution is -0.385. The van der Waals surface area contributed by atoms with E-state index in [1.54, 1.807) is 4.90 Å². The first-order valence-corrected chi connectivity index (χ1v) is 6.97. The highest BCUT2D eigenvalue weighted by Crippen LogP contribution is 2.29. The van der Waals surface area contributed by atoms with Gasteiger partial charge in [0.2, 0.25) is 0 Å². The topological polar surface area (TPSA) is 63.4 Å². The van der Waals surface area contributed by atoms with Crippen LogP contribution in [0.3, 0.4) is 0 Å². The molecule has 1 saturated carbocycles. The summed E-state index contributed by atoms with van der Waals surface area (Å²) >= 11 is 3.26. The van der Waals surface area contributed by atoms with Crippen molar-refractivity contribution in [2.45, 2.75) is 18.9 Å². The summed E-state index contributed by atoms with van der Waals surface area (Å²) in [4.78, 5) is 23.7. The Hall–Kier alpha value is -1.50. The van der Waals surface area contributed by atoms with Gasteiger partial charge in [-0.25, -0.2) is 4.39 Å². The number of rotatable bonds is 5. The van der Waals surface area contributed by atoms with Crippen LogP contribution in [0.4, 0.5) is 10.1 Å². The summed E-state index contributed by atoms with van der Waals surface area (Å²) in [5.74, 6) is -1.26. The zero-order valence-electron chi connectivity index (χ0n) is 10.0. The Morgan fingerprint density at radius 3 is 2.68 bits per heavy atom. The van der Waals surface area contributed by atoms with Gasteiger partial charge in [0.1, 0.15) is 5.82 Å². The number of benzene rings is 1. The lowest BCUT2D eigenvalue weighted by Gasteiger charge is -2.21. The molecule has 1 aromatic carbocycles. The average molecular weight is 331 g/mol. The maximum Gasteiger partial charge on any atom is 0.272 e. The first-order chi connectivity index (χ1) is 9.04. The van der Waals surface area contributed by atoms with Gasteiger partial charge in [-0.3, -0.25) is 14.9 Å². The summed E-state index contributed by atoms with van der Waals surface area (Å²) in [5.41, 5.74) is -0.467. The smallest absolute Gasteiger partial charge is 0.272 e. The molecule has 0 saturated heterocycles. The number of nitro benzene ring substituents is 1. The highest BCUT2D eigenvalue weighted by molar-refractivity contribution is 9.09. The quantitative estimate of drug-likeness (QED) is 0.473. The second-order valence-electron chi connectivity index (χ2n) is 4.34. The van der Waals surface area contributed by atoms with E-state index in [9.17, 15) is 19.3 Å². The fourth-order valence-corrected chi connectivity index (χ4v) is 2.26. The van der Waals surface area contributed by atoms with Crippen molar-refractivity contribution in [1.82, 2.24) is 4.90 Å². The summed E-state index contributed by atoms with van der Waals surface area (Å²) in [6.45, 7) is 0.500. The van der Waals surface area contributed by atoms with E-state index in [2.05, 4.69) is 15.9 Å². The second-order valence-corrected chi connectivity index (χ2v) is 5.13. The minimum absolute atomic E-state index is 0.113. The van der Waals surface area contributed by atoms with Crippen LogP contribution < -0.4 is 0 Å². The Labute approximate surface area is 117 Å². The lowest BCUT2D eigenvalue weighted by atomic mass is 10.1. The maximum atomic E-state index is 13.8. The van der Waals surface area contributed by atoms with Crippen molar-refractivity contribution in [3.05, 3.63) is 39.7 Å². The van der Waals surface area contributed by atoms with E-state index < -0.39 is 16.6 Å². The van der Waals surface area contributed by atoms with Gasteiger partial charge in [-0.15, -0.1) is 0 Å². The molecule has 0 radical (unpaired) electrons. The number of nitro groups is 1. The monoisotopic (exact) mass is 330 g/mol. The van der Waals surface area contributed by atoms with Gasteiger partial charge < -0.3 is 4.90 Å². The fourth-order valence-electron chi connectivity index (χ4n) is 1.87. The first-order valence-electron chi connectivity index (χ1n) is 5.85. The van der Waals surface area contributed by atoms with Crippen LogP contribution in [-0.4, -0.2) is 33.6 Å². The van der Waals surface area contributed by atoms with Crippen molar-refractivity contribution in [3.63, 3.8) is 0 Å². The average Bonchev–Trinajstić information content (AvgIpc) is 3.19. The highest BCUT2D eigenvalue weighted by atomic mass is 79.9. The molecule has 0 aromatic heterocycles. The zero-order chi connectivity index (χ0) is 14.0. The van der Waals surface area contributed by atoms with Crippen LogP contribution in [0, 0.1) is 15.9 Å². The van der Waals surface area contributed by atoms with Crippen molar-refractivity contribution in [1.29, 1.82) is 0 Å². The van der Waals surface area contributed by atoms with Gasteiger partial charge in [-0.05, 0) is 18.9 Å². The summed E-state index contributed by atoms with van der Waals surface area (Å²) in [6.07, 6.45) is 1.85. The molecule has 0 heterocycles. The molecule has 0 N–H and O–H groups in total. The first kappa shape index (κ1) is 13.9. The van der Waals surface area contributed by atoms with Gasteiger partial charge in [0, 0.05) is 24.0 Å². The van der Waals surface area contributed by atoms with Crippen LogP contribution in [0.25, 0.3) is 0 Å². The number of alkyl halides is 1. The van der Waals surface area contributed by atoms with Gasteiger partial charge in [-0.1, -0.05) is 15.9 Å². The van der Waals surface area contributed by atoms with E-state index in [0.717, 1.165) is 25.0 Å². The van der Waals surface area contributed by atoms with Crippen molar-refractivity contribution in [2.75, 3.05) is 11.9 Å². The van der Waals surface area contributed by atoms with Crippen molar-refractivity contribution >= 4 is 27.5 Å². The third-order valence-corrected chi connectivity index (χ3v) is 3.32. The molecule has 19 heavy (non-hydrogen) atoms. The molecule has 1 fully saturated rings. The van der Waals surface area contributed by atoms with Gasteiger partial charge in [0.15, 0.2) is 0 Å². The molecule has 1 aliphatic carbocycles. The van der Waals surface area contributed by atoms with Crippen LogP contribution in [0.15, 0.2) is 18.2 Å². The molecule has 1 aromatic rings. The highest BCUT2D eigenvalue weighted by Gasteiger charge is 2.33. The van der Waals surface area contributed by atoms with E-state index >= 15 is 0 Å². The molecule has 2 rings (SSSR count). The van der Waals surface area contributed by atoms with Crippen molar-refractivity contribution in [2.24, 2.45) is 0 Å². The van der Waals surface area contributed by atoms with E-state index in [-0.39, 0.29) is 17.3 Å². The summed E-state index contributed by atoms with van der Waals surface area (Å²) in [6, 6.07) is 3.28. The Kier molecular flexibility index (Phi) is 4.14. The molecule has 0 atom stereocenters. The van der Waals surface area contributed by atoms with E-state index in [1.807, 2.05) is 0 Å². The number of non-ortho nitro benzene ring substituents is 1. The molecular formula is C12H12BrFN2O3. The number of hydrogen-bond acceptors (Lipinski definition) is 3. The molecule has 102 valence electrons. The minimum atomic E-state index is -0.848. The Morgan fingerprint density at radius 2 is 2.21 bits per heavy atom. The largest absolute Gasteiger partial charge is 0.335 e. The SMILES string of the molecule is O=C(c1ccc([N+](=O)[O-])cc1F)N(CCBr)C1CC1. The van der Waals surface area contributed by atoms with Crippen LogP contribution in [0.2, 0.25) is 0 Å². The summed E-state index contributed by atoms with van der Waals surface area (Å²) in [7, 11) is 0. The van der Waals surface area contributed by atoms with Crippen LogP contribution in [0.5, 0.6) is 0 Å². The number of halogens is 2. The molecule has 7 heteroatoms. The molecule has 0 spiro atoms. The van der Waals surface area contributed by atoms with Crippen molar-refractivity contribution < 1.29 is 14.1 Å². The molecule has 0 aliphatic heterocycles. The summed E-state index contributed by atoms with van der Waals surface area (Å²) in [5, 5.41) is 11.1. The predicted octanol–water partition coefficient (Wildman–Crippen LogP) is 2.73. The van der Waals surface area contributed by atoms with Crippen LogP contribution >= 0.6 is 15.9 Å². The molecule has 1 amide bonds. The number of nitrogens with zero attached hydrogens (tertiary/aromatic N) is 2. The lowest BCUT2D eigenvalue weighted by Crippen LogP contribution is -2.35. The fraction of sp³-hybridized carbons (Fsp3) is 0.417. The number of hydrogen-bond donors (Lipinski definition) is 0. The standard InChI is InChI=1S/C12H12BrFN2O3/c13-5-6-15(8-1-2-8)12(17)10-4-3-9(16(18)19)7-11(10)14/h3-4,7-8H,1-2,5-6H2. The van der Waals surface area contributed by atoms with E-state index in [1.165, 1.54) is 6.07 Å². The molecule has 1 aliphatic rings. The molecule has 0 unspecified atom stereocenters. The third kappa shape index (κ3) is 3.09. The zero-order valence-corrected chi connectivity index (χ0v) is 11.6. The Bertz CT molecular complexity index is 520. The van der Waals surface area contributed by atoms with E-state index in [4.69, 9.17) is 0 Å². The molecule has 0 bridgehead atoms. The van der Waals surface area contributed by atoms with Crippen molar-refractivity contribution in [3.8, 4) is 0 Å². The van der Waals surface area contributed by atoms with Gasteiger partial charge in [0.25, 0.3) is 11.6 Å². The Balaban J connectivity index is 2.24. The minimum Gasteiger partial charge on any atom is -0.335 e. The van der Waals surface area contributed by atoms with Gasteiger partial charge >= 0.3 is 0 Å². The predicted molar refractivity (Wildman–Crippen MR) is 70.9 cm³/mol. The second kappa shape index (κ2) is 5.64. The Morgan fingerprint density at radius 1 is 1.53 bits per heavy atom. The normalized spacial score (nSPS) is 14.2. The molecule has 5 nitrogen and oxygen atoms in total. The molecular weight excluding hydrogens is 319 g/mol. The number of carbonyl (C=O) groups is 1. The van der Waals surface area contributed by atoms with Crippen LogP contribution in [-0.2, 0) is 0 Å².